The van der Waals surface area contributed by atoms with E-state index in [1.165, 1.54) is 29.9 Å². The van der Waals surface area contributed by atoms with Gasteiger partial charge in [-0.3, -0.25) is 14.2 Å². The maximum atomic E-state index is 13.2. The van der Waals surface area contributed by atoms with Crippen LogP contribution >= 0.6 is 11.3 Å². The molecule has 1 aromatic heterocycles. The Morgan fingerprint density at radius 1 is 1.27 bits per heavy atom. The molecule has 0 bridgehead atoms. The highest BCUT2D eigenvalue weighted by Crippen LogP contribution is 2.29. The maximum Gasteiger partial charge on any atom is 0.387 e. The highest BCUT2D eigenvalue weighted by atomic mass is 32.1. The normalized spacial score (nSPS) is 13.1. The van der Waals surface area contributed by atoms with Crippen molar-refractivity contribution in [3.63, 3.8) is 0 Å². The van der Waals surface area contributed by atoms with Gasteiger partial charge < -0.3 is 14.2 Å². The standard InChI is InChI=1S/C23H26F2N2O5S/c1-23(2,3)19(28)15(13-26)21-27(9-6-10-30-4)20(29)18(33-21)12-14-7-8-16(32-22(24)25)17(11-14)31-5/h7-8,11-12,22H,6,9-10H2,1-5H3. The second kappa shape index (κ2) is 11.2. The molecule has 178 valence electrons. The van der Waals surface area contributed by atoms with Crippen LogP contribution in [0.5, 0.6) is 11.5 Å². The zero-order valence-electron chi connectivity index (χ0n) is 19.1. The molecular weight excluding hydrogens is 454 g/mol. The minimum Gasteiger partial charge on any atom is -0.493 e. The highest BCUT2D eigenvalue weighted by Gasteiger charge is 2.27. The third-order valence-corrected chi connectivity index (χ3v) is 5.70. The van der Waals surface area contributed by atoms with Crippen LogP contribution in [-0.2, 0) is 16.1 Å². The number of thiazole rings is 1. The smallest absolute Gasteiger partial charge is 0.387 e. The van der Waals surface area contributed by atoms with Crippen molar-refractivity contribution in [1.82, 2.24) is 4.57 Å². The molecule has 0 aliphatic carbocycles. The van der Waals surface area contributed by atoms with Gasteiger partial charge in [-0.2, -0.15) is 14.0 Å². The first kappa shape index (κ1) is 26.2. The van der Waals surface area contributed by atoms with Gasteiger partial charge in [0.1, 0.15) is 16.3 Å². The lowest BCUT2D eigenvalue weighted by Gasteiger charge is -2.15. The molecule has 33 heavy (non-hydrogen) atoms. The van der Waals surface area contributed by atoms with E-state index in [4.69, 9.17) is 9.47 Å². The number of alkyl halides is 2. The van der Waals surface area contributed by atoms with Gasteiger partial charge in [0.2, 0.25) is 0 Å². The van der Waals surface area contributed by atoms with Gasteiger partial charge in [-0.25, -0.2) is 0 Å². The molecule has 1 heterocycles. The third kappa shape index (κ3) is 6.49. The van der Waals surface area contributed by atoms with Gasteiger partial charge in [0.15, 0.2) is 17.3 Å². The number of nitrogens with zero attached hydrogens (tertiary/aromatic N) is 2. The molecule has 0 amide bonds. The SMILES string of the molecule is COCCCn1c(=C(C#N)C(=O)C(C)(C)C)sc(=Cc2ccc(OC(F)F)c(OC)c2)c1=O. The number of Topliss-reactive ketones (excluding diaryl/α,β-unsaturated/α-hetero) is 1. The van der Waals surface area contributed by atoms with Crippen molar-refractivity contribution in [3.05, 3.63) is 43.3 Å². The fourth-order valence-corrected chi connectivity index (χ4v) is 4.09. The van der Waals surface area contributed by atoms with Crippen LogP contribution in [0.1, 0.15) is 32.8 Å². The lowest BCUT2D eigenvalue weighted by atomic mass is 9.87. The van der Waals surface area contributed by atoms with E-state index in [-0.39, 0.29) is 44.2 Å². The number of ketones is 1. The van der Waals surface area contributed by atoms with E-state index in [9.17, 15) is 23.6 Å². The van der Waals surface area contributed by atoms with Gasteiger partial charge in [-0.1, -0.05) is 26.8 Å². The van der Waals surface area contributed by atoms with E-state index in [1.807, 2.05) is 6.07 Å². The summed E-state index contributed by atoms with van der Waals surface area (Å²) in [7, 11) is 2.86. The van der Waals surface area contributed by atoms with Gasteiger partial charge in [0.05, 0.1) is 11.6 Å². The van der Waals surface area contributed by atoms with Crippen LogP contribution in [-0.4, -0.2) is 37.8 Å². The van der Waals surface area contributed by atoms with Gasteiger partial charge >= 0.3 is 6.61 Å². The summed E-state index contributed by atoms with van der Waals surface area (Å²) in [5.74, 6) is -0.425. The molecule has 0 aliphatic heterocycles. The van der Waals surface area contributed by atoms with Crippen molar-refractivity contribution < 1.29 is 27.8 Å². The number of rotatable bonds is 9. The second-order valence-electron chi connectivity index (χ2n) is 8.07. The predicted molar refractivity (Wildman–Crippen MR) is 121 cm³/mol. The first-order valence-electron chi connectivity index (χ1n) is 10.1. The first-order chi connectivity index (χ1) is 15.5. The molecule has 0 atom stereocenters. The van der Waals surface area contributed by atoms with Gasteiger partial charge in [0, 0.05) is 25.7 Å². The number of hydrogen-bond donors (Lipinski definition) is 0. The van der Waals surface area contributed by atoms with E-state index < -0.39 is 12.0 Å². The van der Waals surface area contributed by atoms with E-state index in [2.05, 4.69) is 4.74 Å². The number of hydrogen-bond acceptors (Lipinski definition) is 7. The second-order valence-corrected chi connectivity index (χ2v) is 9.10. The quantitative estimate of drug-likeness (QED) is 0.513. The highest BCUT2D eigenvalue weighted by molar-refractivity contribution is 7.07. The zero-order valence-corrected chi connectivity index (χ0v) is 19.9. The molecule has 0 saturated heterocycles. The minimum absolute atomic E-state index is 0.0773. The van der Waals surface area contributed by atoms with E-state index in [0.717, 1.165) is 11.3 Å². The van der Waals surface area contributed by atoms with Crippen molar-refractivity contribution >= 4 is 28.8 Å². The molecule has 1 aromatic carbocycles. The number of nitriles is 1. The Balaban J connectivity index is 2.73. The van der Waals surface area contributed by atoms with Gasteiger partial charge in [0.25, 0.3) is 5.56 Å². The summed E-state index contributed by atoms with van der Waals surface area (Å²) in [6, 6.07) is 6.25. The zero-order chi connectivity index (χ0) is 24.8. The number of halogens is 2. The first-order valence-corrected chi connectivity index (χ1v) is 10.9. The Labute approximate surface area is 194 Å². The summed E-state index contributed by atoms with van der Waals surface area (Å²) < 4.78 is 41.7. The Hall–Kier alpha value is -3.03. The monoisotopic (exact) mass is 480 g/mol. The van der Waals surface area contributed by atoms with Crippen molar-refractivity contribution in [2.24, 2.45) is 5.41 Å². The summed E-state index contributed by atoms with van der Waals surface area (Å²) in [6.45, 7) is 2.77. The third-order valence-electron chi connectivity index (χ3n) is 4.57. The largest absolute Gasteiger partial charge is 0.493 e. The van der Waals surface area contributed by atoms with Gasteiger partial charge in [-0.15, -0.1) is 11.3 Å². The number of carbonyl (C=O) groups excluding carboxylic acids is 1. The van der Waals surface area contributed by atoms with E-state index in [1.54, 1.807) is 34.0 Å². The van der Waals surface area contributed by atoms with Crippen LogP contribution in [0.4, 0.5) is 8.78 Å². The van der Waals surface area contributed by atoms with Crippen LogP contribution in [0.2, 0.25) is 0 Å². The van der Waals surface area contributed by atoms with Gasteiger partial charge in [-0.05, 0) is 30.2 Å². The molecule has 10 heteroatoms. The average Bonchev–Trinajstić information content (AvgIpc) is 3.04. The summed E-state index contributed by atoms with van der Waals surface area (Å²) in [6.07, 6.45) is 2.06. The summed E-state index contributed by atoms with van der Waals surface area (Å²) in [4.78, 5) is 26.0. The average molecular weight is 481 g/mol. The molecular formula is C23H26F2N2O5S. The van der Waals surface area contributed by atoms with Crippen molar-refractivity contribution in [2.45, 2.75) is 40.3 Å². The number of aromatic nitrogens is 1. The van der Waals surface area contributed by atoms with E-state index >= 15 is 0 Å². The Morgan fingerprint density at radius 2 is 1.97 bits per heavy atom. The van der Waals surface area contributed by atoms with E-state index in [0.29, 0.717) is 18.6 Å². The molecule has 0 N–H and O–H groups in total. The lowest BCUT2D eigenvalue weighted by Crippen LogP contribution is -2.34. The molecule has 0 radical (unpaired) electrons. The summed E-state index contributed by atoms with van der Waals surface area (Å²) in [5, 5.41) is 9.73. The molecule has 2 aromatic rings. The van der Waals surface area contributed by atoms with Crippen LogP contribution < -0.4 is 24.2 Å². The Kier molecular flexibility index (Phi) is 8.91. The molecule has 0 saturated carbocycles. The number of methoxy groups -OCH3 is 2. The maximum absolute atomic E-state index is 13.2. The number of benzene rings is 1. The van der Waals surface area contributed by atoms with Crippen LogP contribution in [0.25, 0.3) is 11.6 Å². The summed E-state index contributed by atoms with van der Waals surface area (Å²) >= 11 is 1.03. The minimum atomic E-state index is -3.01. The van der Waals surface area contributed by atoms with Crippen LogP contribution in [0, 0.1) is 16.7 Å². The molecule has 7 nitrogen and oxygen atoms in total. The number of carbonyl (C=O) groups is 1. The summed E-state index contributed by atoms with van der Waals surface area (Å²) in [5.41, 5.74) is -0.754. The van der Waals surface area contributed by atoms with Crippen LogP contribution in [0.3, 0.4) is 0 Å². The van der Waals surface area contributed by atoms with Crippen molar-refractivity contribution in [2.75, 3.05) is 20.8 Å². The Bertz CT molecular complexity index is 1220. The molecule has 0 spiro atoms. The lowest BCUT2D eigenvalue weighted by molar-refractivity contribution is -0.120. The predicted octanol–water partition coefficient (Wildman–Crippen LogP) is 2.67. The Morgan fingerprint density at radius 3 is 2.52 bits per heavy atom. The topological polar surface area (TPSA) is 90.6 Å². The fraction of sp³-hybridized carbons (Fsp3) is 0.435. The van der Waals surface area contributed by atoms with Crippen molar-refractivity contribution in [3.8, 4) is 17.6 Å². The van der Waals surface area contributed by atoms with Crippen molar-refractivity contribution in [1.29, 1.82) is 5.26 Å². The molecule has 2 rings (SSSR count). The fourth-order valence-electron chi connectivity index (χ4n) is 2.96. The molecule has 0 fully saturated rings. The van der Waals surface area contributed by atoms with Crippen LogP contribution in [0.15, 0.2) is 23.0 Å². The molecule has 0 aliphatic rings. The molecule has 0 unspecified atom stereocenters. The number of ether oxygens (including phenoxy) is 3.